The number of halogens is 1. The van der Waals surface area contributed by atoms with Crippen LogP contribution in [0.25, 0.3) is 0 Å². The van der Waals surface area contributed by atoms with Gasteiger partial charge in [-0.2, -0.15) is 0 Å². The number of rotatable bonds is 12. The van der Waals surface area contributed by atoms with E-state index in [-0.39, 0.29) is 18.2 Å². The molecule has 9 nitrogen and oxygen atoms in total. The number of methoxy groups -OCH3 is 2. The number of nitrogens with one attached hydrogen (secondary N) is 1. The first-order valence-electron chi connectivity index (χ1n) is 14.8. The van der Waals surface area contributed by atoms with Crippen molar-refractivity contribution in [2.24, 2.45) is 0 Å². The van der Waals surface area contributed by atoms with Crippen LogP contribution in [0.15, 0.2) is 72.8 Å². The first-order valence-corrected chi connectivity index (χ1v) is 15.6. The Morgan fingerprint density at radius 2 is 1.64 bits per heavy atom. The van der Waals surface area contributed by atoms with Gasteiger partial charge in [-0.15, -0.1) is 0 Å². The molecule has 0 radical (unpaired) electrons. The van der Waals surface area contributed by atoms with E-state index >= 15 is 0 Å². The van der Waals surface area contributed by atoms with E-state index in [0.29, 0.717) is 39.6 Å². The topological polar surface area (TPSA) is 77.6 Å². The Morgan fingerprint density at radius 1 is 0.932 bits per heavy atom. The van der Waals surface area contributed by atoms with Gasteiger partial charge in [-0.3, -0.25) is 19.4 Å². The van der Waals surface area contributed by atoms with Crippen LogP contribution in [-0.4, -0.2) is 91.2 Å². The molecule has 1 unspecified atom stereocenters. The minimum Gasteiger partial charge on any atom is -0.497 e. The molecule has 11 heteroatoms. The summed E-state index contributed by atoms with van der Waals surface area (Å²) in [5.41, 5.74) is 2.50. The number of anilines is 2. The first kappa shape index (κ1) is 31.7. The Kier molecular flexibility index (Phi) is 10.7. The van der Waals surface area contributed by atoms with Crippen LogP contribution in [0.4, 0.5) is 11.4 Å². The molecule has 2 fully saturated rings. The number of carbonyl (C=O) groups is 2. The summed E-state index contributed by atoms with van der Waals surface area (Å²) in [4.78, 5) is 35.3. The number of amides is 2. The summed E-state index contributed by atoms with van der Waals surface area (Å²) in [6, 6.07) is 22.0. The van der Waals surface area contributed by atoms with Gasteiger partial charge in [0.15, 0.2) is 5.11 Å². The highest BCUT2D eigenvalue weighted by atomic mass is 35.5. The zero-order valence-corrected chi connectivity index (χ0v) is 26.7. The first-order chi connectivity index (χ1) is 21.4. The van der Waals surface area contributed by atoms with Crippen molar-refractivity contribution in [1.82, 2.24) is 14.7 Å². The molecule has 2 aliphatic rings. The highest BCUT2D eigenvalue weighted by Gasteiger charge is 2.44. The molecule has 0 aliphatic carbocycles. The van der Waals surface area contributed by atoms with Gasteiger partial charge in [0.25, 0.3) is 5.91 Å². The van der Waals surface area contributed by atoms with Crippen molar-refractivity contribution in [3.63, 3.8) is 0 Å². The quantitative estimate of drug-likeness (QED) is 0.282. The average molecular weight is 636 g/mol. The van der Waals surface area contributed by atoms with Crippen LogP contribution in [0.1, 0.15) is 18.4 Å². The van der Waals surface area contributed by atoms with Crippen molar-refractivity contribution < 1.29 is 19.1 Å². The number of piperazine rings is 1. The molecule has 1 atom stereocenters. The number of ether oxygens (including phenoxy) is 2. The van der Waals surface area contributed by atoms with E-state index < -0.39 is 6.04 Å². The summed E-state index contributed by atoms with van der Waals surface area (Å²) < 4.78 is 10.5. The van der Waals surface area contributed by atoms with Crippen LogP contribution in [0, 0.1) is 0 Å². The van der Waals surface area contributed by atoms with Gasteiger partial charge in [0.2, 0.25) is 5.91 Å². The largest absolute Gasteiger partial charge is 0.497 e. The Balaban J connectivity index is 1.23. The molecule has 0 spiro atoms. The van der Waals surface area contributed by atoms with Crippen LogP contribution in [-0.2, 0) is 16.1 Å². The molecular weight excluding hydrogens is 598 g/mol. The summed E-state index contributed by atoms with van der Waals surface area (Å²) in [6.07, 6.45) is 0.767. The number of benzene rings is 3. The van der Waals surface area contributed by atoms with E-state index in [0.717, 1.165) is 45.7 Å². The molecule has 3 aromatic rings. The second-order valence-electron chi connectivity index (χ2n) is 10.9. The van der Waals surface area contributed by atoms with Gasteiger partial charge in [-0.25, -0.2) is 0 Å². The Bertz CT molecular complexity index is 1450. The van der Waals surface area contributed by atoms with Crippen molar-refractivity contribution in [3.8, 4) is 11.5 Å². The highest BCUT2D eigenvalue weighted by molar-refractivity contribution is 7.80. The molecule has 232 valence electrons. The molecule has 0 aromatic heterocycles. The van der Waals surface area contributed by atoms with Gasteiger partial charge in [-0.1, -0.05) is 41.9 Å². The second kappa shape index (κ2) is 14.9. The smallest absolute Gasteiger partial charge is 0.256 e. The average Bonchev–Trinajstić information content (AvgIpc) is 3.26. The Labute approximate surface area is 269 Å². The normalized spacial score (nSPS) is 17.7. The number of nitrogens with zero attached hydrogens (tertiary/aromatic N) is 4. The molecule has 5 rings (SSSR count). The molecule has 2 heterocycles. The Morgan fingerprint density at radius 3 is 2.30 bits per heavy atom. The maximum Gasteiger partial charge on any atom is 0.256 e. The molecular formula is C33H38ClN5O4S. The van der Waals surface area contributed by atoms with Gasteiger partial charge >= 0.3 is 0 Å². The highest BCUT2D eigenvalue weighted by Crippen LogP contribution is 2.33. The van der Waals surface area contributed by atoms with Crippen molar-refractivity contribution in [2.75, 3.05) is 63.7 Å². The summed E-state index contributed by atoms with van der Waals surface area (Å²) >= 11 is 12.2. The minimum atomic E-state index is -0.732. The van der Waals surface area contributed by atoms with E-state index in [4.69, 9.17) is 33.3 Å². The lowest BCUT2D eigenvalue weighted by Crippen LogP contribution is -2.47. The van der Waals surface area contributed by atoms with E-state index in [1.54, 1.807) is 49.6 Å². The summed E-state index contributed by atoms with van der Waals surface area (Å²) in [5, 5.41) is 3.64. The number of hydrogen-bond acceptors (Lipinski definition) is 7. The maximum absolute atomic E-state index is 13.8. The third-order valence-corrected chi connectivity index (χ3v) is 8.76. The van der Waals surface area contributed by atoms with Crippen molar-refractivity contribution in [1.29, 1.82) is 0 Å². The molecule has 2 saturated heterocycles. The number of thiocarbonyl (C=S) groups is 1. The minimum absolute atomic E-state index is 0.0381. The molecule has 3 aromatic carbocycles. The fourth-order valence-corrected chi connectivity index (χ4v) is 6.32. The molecule has 0 bridgehead atoms. The van der Waals surface area contributed by atoms with Gasteiger partial charge in [0, 0.05) is 45.0 Å². The summed E-state index contributed by atoms with van der Waals surface area (Å²) in [6.45, 7) is 6.39. The third kappa shape index (κ3) is 7.68. The van der Waals surface area contributed by atoms with Crippen LogP contribution >= 0.6 is 23.8 Å². The maximum atomic E-state index is 13.8. The zero-order valence-electron chi connectivity index (χ0n) is 25.1. The van der Waals surface area contributed by atoms with Gasteiger partial charge in [-0.05, 0) is 73.2 Å². The lowest BCUT2D eigenvalue weighted by atomic mass is 10.1. The molecule has 0 saturated carbocycles. The fourth-order valence-electron chi connectivity index (χ4n) is 5.66. The molecule has 2 amide bonds. The fraction of sp³-hybridized carbons (Fsp3) is 0.364. The zero-order chi connectivity index (χ0) is 31.1. The van der Waals surface area contributed by atoms with Crippen molar-refractivity contribution >= 4 is 52.1 Å². The lowest BCUT2D eigenvalue weighted by Gasteiger charge is -2.35. The van der Waals surface area contributed by atoms with Crippen LogP contribution in [0.5, 0.6) is 11.5 Å². The molecule has 1 N–H and O–H groups in total. The lowest BCUT2D eigenvalue weighted by molar-refractivity contribution is -0.124. The monoisotopic (exact) mass is 635 g/mol. The third-order valence-electron chi connectivity index (χ3n) is 8.05. The van der Waals surface area contributed by atoms with Crippen LogP contribution in [0.3, 0.4) is 0 Å². The second-order valence-corrected chi connectivity index (χ2v) is 11.7. The summed E-state index contributed by atoms with van der Waals surface area (Å²) in [5.74, 6) is 0.669. The van der Waals surface area contributed by atoms with Crippen LogP contribution < -0.4 is 19.7 Å². The van der Waals surface area contributed by atoms with Gasteiger partial charge in [0.1, 0.15) is 17.5 Å². The van der Waals surface area contributed by atoms with E-state index in [1.807, 2.05) is 11.0 Å². The standard InChI is InChI=1S/C33H38ClN5O4S/c1-42-27-12-9-25(10-13-27)35-31(40)22-29-32(41)39(26-11-14-30(43-2)28(34)21-26)33(44)38(29)16-6-15-36-17-19-37(20-18-36)23-24-7-4-3-5-8-24/h3-5,7-14,21,29H,6,15-20,22-23H2,1-2H3,(H,35,40). The Hall–Kier alpha value is -3.70. The molecule has 2 aliphatic heterocycles. The predicted octanol–water partition coefficient (Wildman–Crippen LogP) is 4.90. The summed E-state index contributed by atoms with van der Waals surface area (Å²) in [7, 11) is 3.12. The van der Waals surface area contributed by atoms with Crippen molar-refractivity contribution in [3.05, 3.63) is 83.4 Å². The molecule has 44 heavy (non-hydrogen) atoms. The van der Waals surface area contributed by atoms with E-state index in [2.05, 4.69) is 39.4 Å². The van der Waals surface area contributed by atoms with E-state index in [9.17, 15) is 9.59 Å². The van der Waals surface area contributed by atoms with Gasteiger partial charge < -0.3 is 24.6 Å². The van der Waals surface area contributed by atoms with Gasteiger partial charge in [0.05, 0.1) is 31.4 Å². The number of carbonyl (C=O) groups excluding carboxylic acids is 2. The van der Waals surface area contributed by atoms with Crippen LogP contribution in [0.2, 0.25) is 5.02 Å². The SMILES string of the molecule is COc1ccc(NC(=O)CC2C(=O)N(c3ccc(OC)c(Cl)c3)C(=S)N2CCCN2CCN(Cc3ccccc3)CC2)cc1. The van der Waals surface area contributed by atoms with Crippen molar-refractivity contribution in [2.45, 2.75) is 25.4 Å². The van der Waals surface area contributed by atoms with E-state index in [1.165, 1.54) is 17.6 Å². The number of hydrogen-bond donors (Lipinski definition) is 1. The predicted molar refractivity (Wildman–Crippen MR) is 178 cm³/mol.